The third kappa shape index (κ3) is 0.924. The maximum absolute atomic E-state index is 2.50. The first-order chi connectivity index (χ1) is 5.22. The lowest BCUT2D eigenvalue weighted by atomic mass is 10.2. The normalized spacial score (nSPS) is 22.9. The molecule has 0 atom stereocenters. The molecule has 0 aromatic rings. The number of hydrogen-bond donors (Lipinski definition) is 0. The van der Waals surface area contributed by atoms with Crippen molar-refractivity contribution in [1.82, 2.24) is 9.80 Å². The number of hydrogen-bond acceptors (Lipinski definition) is 2. The Morgan fingerprint density at radius 3 is 2.55 bits per heavy atom. The van der Waals surface area contributed by atoms with Crippen molar-refractivity contribution in [2.75, 3.05) is 13.1 Å². The van der Waals surface area contributed by atoms with E-state index in [2.05, 4.69) is 30.6 Å². The summed E-state index contributed by atoms with van der Waals surface area (Å²) in [7, 11) is 0. The molecule has 2 aliphatic heterocycles. The zero-order valence-corrected chi connectivity index (χ0v) is 7.59. The van der Waals surface area contributed by atoms with Gasteiger partial charge in [-0.2, -0.15) is 0 Å². The van der Waals surface area contributed by atoms with Crippen LogP contribution in [0.2, 0.25) is 0 Å². The molecular weight excluding hydrogens is 136 g/mol. The molecule has 62 valence electrons. The molecule has 0 bridgehead atoms. The summed E-state index contributed by atoms with van der Waals surface area (Å²) in [5.74, 6) is 1.51. The highest BCUT2D eigenvalue weighted by Gasteiger charge is 2.37. The van der Waals surface area contributed by atoms with Gasteiger partial charge in [0, 0.05) is 19.1 Å². The molecule has 0 aromatic carbocycles. The van der Waals surface area contributed by atoms with E-state index < -0.39 is 0 Å². The molecular formula is C9H16N2. The Morgan fingerprint density at radius 2 is 2.00 bits per heavy atom. The van der Waals surface area contributed by atoms with Gasteiger partial charge in [0.05, 0.1) is 5.70 Å². The van der Waals surface area contributed by atoms with Crippen LogP contribution in [0.1, 0.15) is 27.2 Å². The van der Waals surface area contributed by atoms with Crippen molar-refractivity contribution in [3.05, 3.63) is 11.5 Å². The van der Waals surface area contributed by atoms with E-state index in [4.69, 9.17) is 0 Å². The van der Waals surface area contributed by atoms with Gasteiger partial charge in [-0.3, -0.25) is 0 Å². The monoisotopic (exact) mass is 152 g/mol. The lowest BCUT2D eigenvalue weighted by Crippen LogP contribution is -2.35. The van der Waals surface area contributed by atoms with Crippen molar-refractivity contribution in [3.8, 4) is 0 Å². The Bertz CT molecular complexity index is 206. The van der Waals surface area contributed by atoms with Crippen LogP contribution in [-0.2, 0) is 0 Å². The van der Waals surface area contributed by atoms with Crippen molar-refractivity contribution in [2.45, 2.75) is 33.2 Å². The fourth-order valence-electron chi connectivity index (χ4n) is 1.92. The van der Waals surface area contributed by atoms with Crippen molar-refractivity contribution >= 4 is 0 Å². The lowest BCUT2D eigenvalue weighted by molar-refractivity contribution is 0.215. The van der Waals surface area contributed by atoms with Crippen LogP contribution in [0.15, 0.2) is 11.5 Å². The molecule has 0 saturated carbocycles. The van der Waals surface area contributed by atoms with Crippen LogP contribution in [0.3, 0.4) is 0 Å². The molecule has 0 aromatic heterocycles. The molecule has 0 spiro atoms. The first-order valence-corrected chi connectivity index (χ1v) is 4.47. The molecule has 2 heterocycles. The van der Waals surface area contributed by atoms with Crippen LogP contribution >= 0.6 is 0 Å². The van der Waals surface area contributed by atoms with Crippen molar-refractivity contribution in [3.63, 3.8) is 0 Å². The van der Waals surface area contributed by atoms with Gasteiger partial charge in [-0.1, -0.05) is 0 Å². The molecule has 0 amide bonds. The van der Waals surface area contributed by atoms with E-state index in [0.29, 0.717) is 6.04 Å². The molecule has 0 radical (unpaired) electrons. The predicted octanol–water partition coefficient (Wildman–Crippen LogP) is 1.61. The van der Waals surface area contributed by atoms with E-state index in [-0.39, 0.29) is 0 Å². The van der Waals surface area contributed by atoms with Crippen LogP contribution in [0.5, 0.6) is 0 Å². The van der Waals surface area contributed by atoms with E-state index in [1.165, 1.54) is 31.0 Å². The first-order valence-electron chi connectivity index (χ1n) is 4.47. The molecule has 2 rings (SSSR count). The average Bonchev–Trinajstić information content (AvgIpc) is 2.63. The topological polar surface area (TPSA) is 6.25 Å². The zero-order valence-electron chi connectivity index (χ0n) is 7.59. The fraction of sp³-hybridized carbons (Fsp3) is 0.778. The predicted molar refractivity (Wildman–Crippen MR) is 45.9 cm³/mol. The summed E-state index contributed by atoms with van der Waals surface area (Å²) in [6.07, 6.45) is 1.32. The quantitative estimate of drug-likeness (QED) is 0.563. The summed E-state index contributed by atoms with van der Waals surface area (Å²) < 4.78 is 0. The lowest BCUT2D eigenvalue weighted by Gasteiger charge is -2.31. The largest absolute Gasteiger partial charge is 0.354 e. The SMILES string of the molecule is CC1=C2N1CCCN2C(C)C. The standard InChI is InChI=1S/C9H16N2/c1-7(2)10-5-4-6-11-8(3)9(10)11/h7H,4-6H2,1-3H3. The highest BCUT2D eigenvalue weighted by molar-refractivity contribution is 5.30. The maximum Gasteiger partial charge on any atom is 0.128 e. The van der Waals surface area contributed by atoms with Gasteiger partial charge in [0.1, 0.15) is 5.82 Å². The molecule has 11 heavy (non-hydrogen) atoms. The Balaban J connectivity index is 2.10. The van der Waals surface area contributed by atoms with Gasteiger partial charge in [-0.25, -0.2) is 0 Å². The minimum absolute atomic E-state index is 0.672. The summed E-state index contributed by atoms with van der Waals surface area (Å²) >= 11 is 0. The Hall–Kier alpha value is -0.660. The highest BCUT2D eigenvalue weighted by Crippen LogP contribution is 2.38. The Labute approximate surface area is 68.5 Å². The number of allylic oxidation sites excluding steroid dienone is 1. The van der Waals surface area contributed by atoms with Crippen LogP contribution in [0, 0.1) is 0 Å². The zero-order chi connectivity index (χ0) is 8.01. The van der Waals surface area contributed by atoms with Gasteiger partial charge >= 0.3 is 0 Å². The van der Waals surface area contributed by atoms with Crippen LogP contribution < -0.4 is 0 Å². The minimum Gasteiger partial charge on any atom is -0.354 e. The third-order valence-corrected chi connectivity index (χ3v) is 2.61. The summed E-state index contributed by atoms with van der Waals surface area (Å²) in [5.41, 5.74) is 1.50. The van der Waals surface area contributed by atoms with Crippen molar-refractivity contribution in [1.29, 1.82) is 0 Å². The van der Waals surface area contributed by atoms with Crippen LogP contribution in [-0.4, -0.2) is 28.9 Å². The molecule has 1 saturated heterocycles. The third-order valence-electron chi connectivity index (χ3n) is 2.61. The summed E-state index contributed by atoms with van der Waals surface area (Å²) in [6, 6.07) is 0.672. The number of fused-ring (bicyclic) bond motifs is 1. The molecule has 0 N–H and O–H groups in total. The first kappa shape index (κ1) is 7.01. The second kappa shape index (κ2) is 2.16. The molecule has 0 aliphatic carbocycles. The molecule has 2 nitrogen and oxygen atoms in total. The van der Waals surface area contributed by atoms with Gasteiger partial charge in [-0.05, 0) is 27.2 Å². The van der Waals surface area contributed by atoms with E-state index in [0.717, 1.165) is 0 Å². The van der Waals surface area contributed by atoms with Crippen LogP contribution in [0.4, 0.5) is 0 Å². The maximum atomic E-state index is 2.50. The van der Waals surface area contributed by atoms with E-state index in [1.807, 2.05) is 0 Å². The van der Waals surface area contributed by atoms with Crippen LogP contribution in [0.25, 0.3) is 0 Å². The number of nitrogens with zero attached hydrogens (tertiary/aromatic N) is 2. The highest BCUT2D eigenvalue weighted by atomic mass is 15.5. The Morgan fingerprint density at radius 1 is 1.27 bits per heavy atom. The fourth-order valence-corrected chi connectivity index (χ4v) is 1.92. The van der Waals surface area contributed by atoms with Gasteiger partial charge < -0.3 is 9.80 Å². The summed E-state index contributed by atoms with van der Waals surface area (Å²) in [6.45, 7) is 9.26. The van der Waals surface area contributed by atoms with E-state index in [9.17, 15) is 0 Å². The molecule has 0 unspecified atom stereocenters. The second-order valence-electron chi connectivity index (χ2n) is 3.70. The summed E-state index contributed by atoms with van der Waals surface area (Å²) in [4.78, 5) is 4.92. The smallest absolute Gasteiger partial charge is 0.128 e. The van der Waals surface area contributed by atoms with Gasteiger partial charge in [0.25, 0.3) is 0 Å². The summed E-state index contributed by atoms with van der Waals surface area (Å²) in [5, 5.41) is 0. The second-order valence-corrected chi connectivity index (χ2v) is 3.70. The molecule has 1 fully saturated rings. The van der Waals surface area contributed by atoms with E-state index >= 15 is 0 Å². The average molecular weight is 152 g/mol. The molecule has 2 aliphatic rings. The van der Waals surface area contributed by atoms with Gasteiger partial charge in [0.2, 0.25) is 0 Å². The van der Waals surface area contributed by atoms with Gasteiger partial charge in [0.15, 0.2) is 0 Å². The number of rotatable bonds is 1. The Kier molecular flexibility index (Phi) is 1.38. The molecule has 2 heteroatoms. The van der Waals surface area contributed by atoms with E-state index in [1.54, 1.807) is 0 Å². The van der Waals surface area contributed by atoms with Crippen molar-refractivity contribution in [2.24, 2.45) is 0 Å². The van der Waals surface area contributed by atoms with Crippen molar-refractivity contribution < 1.29 is 0 Å². The minimum atomic E-state index is 0.672. The van der Waals surface area contributed by atoms with Gasteiger partial charge in [-0.15, -0.1) is 0 Å².